The fourth-order valence-electron chi connectivity index (χ4n) is 3.22. The molecule has 104 valence electrons. The molecule has 18 heavy (non-hydrogen) atoms. The van der Waals surface area contributed by atoms with Crippen LogP contribution in [0.3, 0.4) is 0 Å². The first kappa shape index (κ1) is 13.8. The molecule has 0 unspecified atom stereocenters. The monoisotopic (exact) mass is 254 g/mol. The van der Waals surface area contributed by atoms with Crippen LogP contribution < -0.4 is 5.73 Å². The van der Waals surface area contributed by atoms with E-state index < -0.39 is 6.10 Å². The zero-order valence-electron chi connectivity index (χ0n) is 11.2. The van der Waals surface area contributed by atoms with Gasteiger partial charge in [0.05, 0.1) is 6.10 Å². The molecule has 0 radical (unpaired) electrons. The number of rotatable bonds is 5. The average molecular weight is 254 g/mol. The van der Waals surface area contributed by atoms with Crippen LogP contribution >= 0.6 is 0 Å². The molecule has 2 rings (SSSR count). The second-order valence-corrected chi connectivity index (χ2v) is 5.91. The van der Waals surface area contributed by atoms with Crippen molar-refractivity contribution in [2.75, 3.05) is 13.1 Å². The number of carbonyl (C=O) groups excluding carboxylic acids is 1. The number of nitrogens with zero attached hydrogens (tertiary/aromatic N) is 1. The summed E-state index contributed by atoms with van der Waals surface area (Å²) in [6.07, 6.45) is 8.35. The number of amides is 1. The summed E-state index contributed by atoms with van der Waals surface area (Å²) in [5.74, 6) is 0.844. The normalized spacial score (nSPS) is 25.4. The summed E-state index contributed by atoms with van der Waals surface area (Å²) in [7, 11) is 0. The van der Waals surface area contributed by atoms with E-state index in [1.807, 2.05) is 0 Å². The van der Waals surface area contributed by atoms with Crippen molar-refractivity contribution in [3.05, 3.63) is 0 Å². The molecule has 0 spiro atoms. The van der Waals surface area contributed by atoms with Crippen LogP contribution in [0.15, 0.2) is 0 Å². The maximum absolute atomic E-state index is 11.5. The maximum atomic E-state index is 11.5. The topological polar surface area (TPSA) is 66.6 Å². The first-order valence-corrected chi connectivity index (χ1v) is 7.38. The predicted molar refractivity (Wildman–Crippen MR) is 71.0 cm³/mol. The molecule has 4 heteroatoms. The molecule has 1 saturated heterocycles. The lowest BCUT2D eigenvalue weighted by atomic mass is 9.84. The zero-order valence-corrected chi connectivity index (χ0v) is 11.2. The second-order valence-electron chi connectivity index (χ2n) is 5.91. The van der Waals surface area contributed by atoms with Gasteiger partial charge in [0.2, 0.25) is 5.91 Å². The Morgan fingerprint density at radius 2 is 2.00 bits per heavy atom. The highest BCUT2D eigenvalue weighted by molar-refractivity contribution is 5.78. The summed E-state index contributed by atoms with van der Waals surface area (Å²) in [4.78, 5) is 13.3. The molecule has 2 atom stereocenters. The largest absolute Gasteiger partial charge is 0.390 e. The van der Waals surface area contributed by atoms with Crippen molar-refractivity contribution >= 4 is 5.91 Å². The highest BCUT2D eigenvalue weighted by Gasteiger charge is 2.27. The van der Waals surface area contributed by atoms with Crippen molar-refractivity contribution in [3.8, 4) is 0 Å². The van der Waals surface area contributed by atoms with E-state index in [1.165, 1.54) is 32.1 Å². The first-order valence-electron chi connectivity index (χ1n) is 7.38. The molecule has 1 heterocycles. The molecule has 0 aromatic rings. The Hall–Kier alpha value is -0.610. The number of hydrogen-bond acceptors (Lipinski definition) is 3. The van der Waals surface area contributed by atoms with E-state index in [0.717, 1.165) is 19.4 Å². The van der Waals surface area contributed by atoms with Crippen LogP contribution in [0.1, 0.15) is 51.4 Å². The summed E-state index contributed by atoms with van der Waals surface area (Å²) in [5, 5.41) is 10.1. The molecule has 0 aromatic carbocycles. The fourth-order valence-corrected chi connectivity index (χ4v) is 3.22. The molecule has 1 aliphatic carbocycles. The third-order valence-electron chi connectivity index (χ3n) is 4.40. The minimum absolute atomic E-state index is 0.166. The Kier molecular flexibility index (Phi) is 5.01. The van der Waals surface area contributed by atoms with Crippen LogP contribution in [0.5, 0.6) is 0 Å². The third-order valence-corrected chi connectivity index (χ3v) is 4.40. The van der Waals surface area contributed by atoms with E-state index in [9.17, 15) is 9.90 Å². The van der Waals surface area contributed by atoms with Gasteiger partial charge in [-0.05, 0) is 18.8 Å². The van der Waals surface area contributed by atoms with Crippen molar-refractivity contribution < 1.29 is 9.90 Å². The van der Waals surface area contributed by atoms with Gasteiger partial charge in [0, 0.05) is 25.6 Å². The molecular weight excluding hydrogens is 228 g/mol. The predicted octanol–water partition coefficient (Wildman–Crippen LogP) is 1.27. The SMILES string of the molecule is N[C@@H](CC1CCCCC1)[C@@H](O)CN1CCCC1=O. The average Bonchev–Trinajstić information content (AvgIpc) is 2.76. The second kappa shape index (κ2) is 6.53. The Labute approximate surface area is 110 Å². The van der Waals surface area contributed by atoms with Crippen LogP contribution in [0.25, 0.3) is 0 Å². The summed E-state index contributed by atoms with van der Waals surface area (Å²) < 4.78 is 0. The highest BCUT2D eigenvalue weighted by atomic mass is 16.3. The Balaban J connectivity index is 1.73. The molecule has 2 aliphatic rings. The van der Waals surface area contributed by atoms with Crippen LogP contribution in [0, 0.1) is 5.92 Å². The minimum Gasteiger partial charge on any atom is -0.390 e. The van der Waals surface area contributed by atoms with Crippen LogP contribution in [0.4, 0.5) is 0 Å². The first-order chi connectivity index (χ1) is 8.66. The highest BCUT2D eigenvalue weighted by Crippen LogP contribution is 2.27. The number of carbonyl (C=O) groups is 1. The summed E-state index contributed by atoms with van der Waals surface area (Å²) in [6, 6.07) is -0.179. The molecule has 1 saturated carbocycles. The van der Waals surface area contributed by atoms with Crippen LogP contribution in [-0.2, 0) is 4.79 Å². The quantitative estimate of drug-likeness (QED) is 0.776. The Morgan fingerprint density at radius 1 is 1.28 bits per heavy atom. The van der Waals surface area contributed by atoms with E-state index >= 15 is 0 Å². The molecular formula is C14H26N2O2. The number of nitrogens with two attached hydrogens (primary N) is 1. The van der Waals surface area contributed by atoms with Gasteiger partial charge >= 0.3 is 0 Å². The van der Waals surface area contributed by atoms with Gasteiger partial charge < -0.3 is 15.7 Å². The van der Waals surface area contributed by atoms with Crippen molar-refractivity contribution in [1.29, 1.82) is 0 Å². The van der Waals surface area contributed by atoms with Crippen LogP contribution in [0.2, 0.25) is 0 Å². The molecule has 3 N–H and O–H groups in total. The number of aliphatic hydroxyl groups is 1. The number of hydrogen-bond donors (Lipinski definition) is 2. The molecule has 1 aliphatic heterocycles. The lowest BCUT2D eigenvalue weighted by Crippen LogP contribution is -2.44. The van der Waals surface area contributed by atoms with Gasteiger partial charge in [-0.25, -0.2) is 0 Å². The standard InChI is InChI=1S/C14H26N2O2/c15-12(9-11-5-2-1-3-6-11)13(17)10-16-8-4-7-14(16)18/h11-13,17H,1-10,15H2/t12-,13-/m0/s1. The van der Waals surface area contributed by atoms with E-state index in [0.29, 0.717) is 18.9 Å². The lowest BCUT2D eigenvalue weighted by Gasteiger charge is -2.29. The van der Waals surface area contributed by atoms with Gasteiger partial charge in [-0.1, -0.05) is 32.1 Å². The van der Waals surface area contributed by atoms with Gasteiger partial charge in [-0.3, -0.25) is 4.79 Å². The van der Waals surface area contributed by atoms with Crippen molar-refractivity contribution in [3.63, 3.8) is 0 Å². The molecule has 2 fully saturated rings. The number of β-amino-alcohol motifs (C(OH)–C–C–N with tert-alkyl or cyclic N) is 1. The molecule has 1 amide bonds. The fraction of sp³-hybridized carbons (Fsp3) is 0.929. The maximum Gasteiger partial charge on any atom is 0.222 e. The van der Waals surface area contributed by atoms with E-state index in [1.54, 1.807) is 4.90 Å². The zero-order chi connectivity index (χ0) is 13.0. The number of aliphatic hydroxyl groups excluding tert-OH is 1. The summed E-state index contributed by atoms with van der Waals surface area (Å²) in [5.41, 5.74) is 6.08. The third kappa shape index (κ3) is 3.69. The van der Waals surface area contributed by atoms with Crippen molar-refractivity contribution in [2.45, 2.75) is 63.5 Å². The Morgan fingerprint density at radius 3 is 2.61 bits per heavy atom. The van der Waals surface area contributed by atoms with E-state index in [4.69, 9.17) is 5.73 Å². The minimum atomic E-state index is -0.561. The van der Waals surface area contributed by atoms with E-state index in [-0.39, 0.29) is 11.9 Å². The number of likely N-dealkylation sites (tertiary alicyclic amines) is 1. The van der Waals surface area contributed by atoms with Crippen molar-refractivity contribution in [1.82, 2.24) is 4.90 Å². The van der Waals surface area contributed by atoms with Gasteiger partial charge in [-0.2, -0.15) is 0 Å². The van der Waals surface area contributed by atoms with E-state index in [2.05, 4.69) is 0 Å². The van der Waals surface area contributed by atoms with Gasteiger partial charge in [0.1, 0.15) is 0 Å². The van der Waals surface area contributed by atoms with Crippen molar-refractivity contribution in [2.24, 2.45) is 11.7 Å². The molecule has 4 nitrogen and oxygen atoms in total. The summed E-state index contributed by atoms with van der Waals surface area (Å²) in [6.45, 7) is 1.21. The lowest BCUT2D eigenvalue weighted by molar-refractivity contribution is -0.129. The molecule has 0 bridgehead atoms. The van der Waals surface area contributed by atoms with Gasteiger partial charge in [-0.15, -0.1) is 0 Å². The Bertz CT molecular complexity index is 277. The van der Waals surface area contributed by atoms with Crippen LogP contribution in [-0.4, -0.2) is 41.1 Å². The van der Waals surface area contributed by atoms with Gasteiger partial charge in [0.15, 0.2) is 0 Å². The van der Waals surface area contributed by atoms with Gasteiger partial charge in [0.25, 0.3) is 0 Å². The molecule has 0 aromatic heterocycles. The smallest absolute Gasteiger partial charge is 0.222 e. The summed E-state index contributed by atoms with van der Waals surface area (Å²) >= 11 is 0.